The van der Waals surface area contributed by atoms with E-state index in [0.29, 0.717) is 24.4 Å². The summed E-state index contributed by atoms with van der Waals surface area (Å²) in [6, 6.07) is 11.7. The average Bonchev–Trinajstić information content (AvgIpc) is 3.28. The van der Waals surface area contributed by atoms with Gasteiger partial charge in [0.1, 0.15) is 17.3 Å². The van der Waals surface area contributed by atoms with Gasteiger partial charge in [0.25, 0.3) is 0 Å². The molecule has 0 radical (unpaired) electrons. The van der Waals surface area contributed by atoms with Crippen molar-refractivity contribution in [2.45, 2.75) is 45.6 Å². The molecule has 0 aliphatic rings. The molecule has 0 aliphatic heterocycles. The number of benzene rings is 2. The molecule has 1 aromatic heterocycles. The molecule has 0 atom stereocenters. The quantitative estimate of drug-likeness (QED) is 0.308. The van der Waals surface area contributed by atoms with Gasteiger partial charge in [-0.3, -0.25) is 0 Å². The normalized spacial score (nSPS) is 10.9. The maximum absolute atomic E-state index is 14.1. The van der Waals surface area contributed by atoms with E-state index in [1.54, 1.807) is 7.11 Å². The number of rotatable bonds is 11. The molecule has 5 nitrogen and oxygen atoms in total. The number of carbonyl (C=O) groups excluding carboxylic acids is 1. The van der Waals surface area contributed by atoms with E-state index in [1.165, 1.54) is 4.90 Å². The van der Waals surface area contributed by atoms with Gasteiger partial charge in [0, 0.05) is 30.6 Å². The van der Waals surface area contributed by atoms with Crippen molar-refractivity contribution in [1.82, 2.24) is 9.47 Å². The van der Waals surface area contributed by atoms with Crippen LogP contribution in [0.2, 0.25) is 0 Å². The van der Waals surface area contributed by atoms with Gasteiger partial charge in [0.05, 0.1) is 19.3 Å². The molecule has 1 N–H and O–H groups in total. The Balaban J connectivity index is 1.83. The first-order chi connectivity index (χ1) is 16.4. The third-order valence-corrected chi connectivity index (χ3v) is 5.59. The van der Waals surface area contributed by atoms with Crippen molar-refractivity contribution in [2.24, 2.45) is 0 Å². The molecule has 0 unspecified atom stereocenters. The highest BCUT2D eigenvalue weighted by Gasteiger charge is 2.21. The van der Waals surface area contributed by atoms with Gasteiger partial charge >= 0.3 is 6.03 Å². The van der Waals surface area contributed by atoms with Crippen molar-refractivity contribution in [3.63, 3.8) is 0 Å². The van der Waals surface area contributed by atoms with Gasteiger partial charge in [-0.05, 0) is 30.7 Å². The van der Waals surface area contributed by atoms with Crippen molar-refractivity contribution in [2.75, 3.05) is 19.0 Å². The van der Waals surface area contributed by atoms with E-state index in [1.807, 2.05) is 47.2 Å². The minimum atomic E-state index is -1.16. The number of anilines is 1. The van der Waals surface area contributed by atoms with Crippen molar-refractivity contribution < 1.29 is 22.7 Å². The predicted octanol–water partition coefficient (Wildman–Crippen LogP) is 6.91. The largest absolute Gasteiger partial charge is 0.495 e. The van der Waals surface area contributed by atoms with Crippen LogP contribution in [-0.2, 0) is 6.54 Å². The molecule has 3 aromatic rings. The fourth-order valence-corrected chi connectivity index (χ4v) is 3.81. The number of hydrogen-bond donors (Lipinski definition) is 1. The smallest absolute Gasteiger partial charge is 0.322 e. The molecule has 8 heteroatoms. The lowest BCUT2D eigenvalue weighted by atomic mass is 10.1. The van der Waals surface area contributed by atoms with Gasteiger partial charge in [-0.25, -0.2) is 18.0 Å². The third kappa shape index (κ3) is 6.34. The standard InChI is InChI=1S/C26H30F3N3O2/c1-3-4-5-6-9-14-31(26(33)30-25-21(28)16-19(27)17-22(25)29)18-20-11-10-15-32(20)23-12-7-8-13-24(23)34-2/h7-8,10-13,15-17H,3-6,9,14,18H2,1-2H3,(H,30,33). The minimum absolute atomic E-state index is 0.203. The average molecular weight is 474 g/mol. The number of amides is 2. The summed E-state index contributed by atoms with van der Waals surface area (Å²) in [7, 11) is 1.59. The summed E-state index contributed by atoms with van der Waals surface area (Å²) < 4.78 is 48.9. The zero-order valence-electron chi connectivity index (χ0n) is 19.5. The molecule has 0 fully saturated rings. The Bertz CT molecular complexity index is 1080. The van der Waals surface area contributed by atoms with Crippen LogP contribution in [0.4, 0.5) is 23.7 Å². The lowest BCUT2D eigenvalue weighted by molar-refractivity contribution is 0.206. The summed E-state index contributed by atoms with van der Waals surface area (Å²) in [4.78, 5) is 14.6. The summed E-state index contributed by atoms with van der Waals surface area (Å²) in [5.74, 6) is -2.70. The van der Waals surface area contributed by atoms with E-state index in [0.717, 1.165) is 43.5 Å². The van der Waals surface area contributed by atoms with Crippen LogP contribution in [0.1, 0.15) is 44.7 Å². The van der Waals surface area contributed by atoms with Gasteiger partial charge in [-0.15, -0.1) is 0 Å². The lowest BCUT2D eigenvalue weighted by Crippen LogP contribution is -2.36. The Hall–Kier alpha value is -3.42. The highest BCUT2D eigenvalue weighted by atomic mass is 19.1. The van der Waals surface area contributed by atoms with Crippen LogP contribution in [0.5, 0.6) is 5.75 Å². The first-order valence-corrected chi connectivity index (χ1v) is 11.4. The number of nitrogens with one attached hydrogen (secondary N) is 1. The van der Waals surface area contributed by atoms with Gasteiger partial charge in [-0.2, -0.15) is 0 Å². The summed E-state index contributed by atoms with van der Waals surface area (Å²) in [6.45, 7) is 2.73. The molecule has 2 amide bonds. The second-order valence-corrected chi connectivity index (χ2v) is 8.05. The van der Waals surface area contributed by atoms with Gasteiger partial charge in [0.15, 0.2) is 11.6 Å². The van der Waals surface area contributed by atoms with Gasteiger partial charge < -0.3 is 19.5 Å². The molecule has 0 saturated carbocycles. The third-order valence-electron chi connectivity index (χ3n) is 5.59. The summed E-state index contributed by atoms with van der Waals surface area (Å²) in [6.07, 6.45) is 6.80. The maximum Gasteiger partial charge on any atom is 0.322 e. The molecular formula is C26H30F3N3O2. The van der Waals surface area contributed by atoms with Gasteiger partial charge in [0.2, 0.25) is 0 Å². The van der Waals surface area contributed by atoms with Crippen LogP contribution in [0, 0.1) is 17.5 Å². The predicted molar refractivity (Wildman–Crippen MR) is 127 cm³/mol. The first kappa shape index (κ1) is 25.2. The number of unbranched alkanes of at least 4 members (excludes halogenated alkanes) is 4. The van der Waals surface area contributed by atoms with Crippen molar-refractivity contribution >= 4 is 11.7 Å². The second-order valence-electron chi connectivity index (χ2n) is 8.05. The molecule has 0 spiro atoms. The van der Waals surface area contributed by atoms with Gasteiger partial charge in [-0.1, -0.05) is 44.7 Å². The highest BCUT2D eigenvalue weighted by Crippen LogP contribution is 2.25. The molecule has 0 aliphatic carbocycles. The fourth-order valence-electron chi connectivity index (χ4n) is 3.81. The van der Waals surface area contributed by atoms with Crippen molar-refractivity contribution in [1.29, 1.82) is 0 Å². The van der Waals surface area contributed by atoms with Crippen LogP contribution in [0.3, 0.4) is 0 Å². The van der Waals surface area contributed by atoms with Crippen molar-refractivity contribution in [3.8, 4) is 11.4 Å². The van der Waals surface area contributed by atoms with E-state index < -0.39 is 29.2 Å². The fraction of sp³-hybridized carbons (Fsp3) is 0.346. The number of ether oxygens (including phenoxy) is 1. The van der Waals surface area contributed by atoms with Crippen LogP contribution in [0.15, 0.2) is 54.7 Å². The molecule has 1 heterocycles. The molecule has 0 bridgehead atoms. The van der Waals surface area contributed by atoms with Crippen LogP contribution in [-0.4, -0.2) is 29.2 Å². The van der Waals surface area contributed by atoms with E-state index >= 15 is 0 Å². The monoisotopic (exact) mass is 473 g/mol. The Morgan fingerprint density at radius 2 is 1.71 bits per heavy atom. The topological polar surface area (TPSA) is 46.5 Å². The SMILES string of the molecule is CCCCCCCN(Cc1cccn1-c1ccccc1OC)C(=O)Nc1c(F)cc(F)cc1F. The molecule has 2 aromatic carbocycles. The summed E-state index contributed by atoms with van der Waals surface area (Å²) in [5.41, 5.74) is 0.944. The number of nitrogens with zero attached hydrogens (tertiary/aromatic N) is 2. The Morgan fingerprint density at radius 1 is 1.00 bits per heavy atom. The Kier molecular flexibility index (Phi) is 9.01. The molecule has 182 valence electrons. The zero-order chi connectivity index (χ0) is 24.5. The summed E-state index contributed by atoms with van der Waals surface area (Å²) in [5, 5.41) is 2.29. The minimum Gasteiger partial charge on any atom is -0.495 e. The number of methoxy groups -OCH3 is 1. The lowest BCUT2D eigenvalue weighted by Gasteiger charge is -2.24. The van der Waals surface area contributed by atoms with Crippen LogP contribution >= 0.6 is 0 Å². The second kappa shape index (κ2) is 12.2. The number of para-hydroxylation sites is 2. The van der Waals surface area contributed by atoms with Crippen LogP contribution in [0.25, 0.3) is 5.69 Å². The number of hydrogen-bond acceptors (Lipinski definition) is 2. The van der Waals surface area contributed by atoms with Crippen molar-refractivity contribution in [3.05, 3.63) is 77.9 Å². The Labute approximate surface area is 198 Å². The first-order valence-electron chi connectivity index (χ1n) is 11.4. The van der Waals surface area contributed by atoms with E-state index in [-0.39, 0.29) is 6.54 Å². The summed E-state index contributed by atoms with van der Waals surface area (Å²) >= 11 is 0. The maximum atomic E-state index is 14.1. The molecule has 0 saturated heterocycles. The molecule has 3 rings (SSSR count). The highest BCUT2D eigenvalue weighted by molar-refractivity contribution is 5.89. The van der Waals surface area contributed by atoms with E-state index in [2.05, 4.69) is 12.2 Å². The Morgan fingerprint density at radius 3 is 2.41 bits per heavy atom. The zero-order valence-corrected chi connectivity index (χ0v) is 19.5. The van der Waals surface area contributed by atoms with Crippen LogP contribution < -0.4 is 10.1 Å². The number of carbonyl (C=O) groups is 1. The van der Waals surface area contributed by atoms with E-state index in [9.17, 15) is 18.0 Å². The van der Waals surface area contributed by atoms with E-state index in [4.69, 9.17) is 4.74 Å². The number of aromatic nitrogens is 1. The number of urea groups is 1. The molecular weight excluding hydrogens is 443 g/mol. The number of halogens is 3. The molecule has 34 heavy (non-hydrogen) atoms.